The molecule has 3 rings (SSSR count). The molecule has 0 atom stereocenters. The Morgan fingerprint density at radius 1 is 1.14 bits per heavy atom. The summed E-state index contributed by atoms with van der Waals surface area (Å²) in [7, 11) is 2.11. The minimum absolute atomic E-state index is 0.756. The van der Waals surface area contributed by atoms with Crippen molar-refractivity contribution in [2.75, 3.05) is 12.8 Å². The molecule has 21 heavy (non-hydrogen) atoms. The number of fused-ring (bicyclic) bond motifs is 1. The minimum atomic E-state index is 0.756. The molecule has 0 fully saturated rings. The van der Waals surface area contributed by atoms with Gasteiger partial charge in [0.15, 0.2) is 0 Å². The third-order valence-electron chi connectivity index (χ3n) is 3.68. The highest BCUT2D eigenvalue weighted by Gasteiger charge is 2.08. The summed E-state index contributed by atoms with van der Waals surface area (Å²) >= 11 is 0. The molecule has 1 heterocycles. The zero-order chi connectivity index (χ0) is 14.8. The molecular weight excluding hydrogens is 260 g/mol. The van der Waals surface area contributed by atoms with E-state index < -0.39 is 0 Å². The van der Waals surface area contributed by atoms with Crippen LogP contribution in [-0.4, -0.2) is 21.9 Å². The summed E-state index contributed by atoms with van der Waals surface area (Å²) in [5.41, 5.74) is 11.2. The van der Waals surface area contributed by atoms with Crippen molar-refractivity contribution in [2.24, 2.45) is 0 Å². The molecule has 0 saturated heterocycles. The number of anilines is 1. The van der Waals surface area contributed by atoms with Crippen LogP contribution in [0.4, 0.5) is 5.69 Å². The van der Waals surface area contributed by atoms with Gasteiger partial charge in [-0.15, -0.1) is 0 Å². The summed E-state index contributed by atoms with van der Waals surface area (Å²) in [5, 5.41) is 0. The highest BCUT2D eigenvalue weighted by atomic mass is 15.1. The van der Waals surface area contributed by atoms with Crippen molar-refractivity contribution in [1.82, 2.24) is 14.9 Å². The van der Waals surface area contributed by atoms with Crippen LogP contribution in [0.2, 0.25) is 0 Å². The zero-order valence-corrected chi connectivity index (χ0v) is 12.4. The lowest BCUT2D eigenvalue weighted by molar-refractivity contribution is 0.311. The van der Waals surface area contributed by atoms with E-state index in [9.17, 15) is 0 Å². The Morgan fingerprint density at radius 3 is 2.76 bits per heavy atom. The van der Waals surface area contributed by atoms with E-state index in [0.717, 1.165) is 35.6 Å². The second-order valence-electron chi connectivity index (χ2n) is 5.56. The van der Waals surface area contributed by atoms with Gasteiger partial charge < -0.3 is 10.7 Å². The van der Waals surface area contributed by atoms with Crippen molar-refractivity contribution in [1.29, 1.82) is 0 Å². The fourth-order valence-corrected chi connectivity index (χ4v) is 2.54. The third kappa shape index (κ3) is 3.06. The average molecular weight is 280 g/mol. The monoisotopic (exact) mass is 280 g/mol. The normalized spacial score (nSPS) is 11.4. The lowest BCUT2D eigenvalue weighted by Gasteiger charge is -2.16. The van der Waals surface area contributed by atoms with E-state index in [-0.39, 0.29) is 0 Å². The molecule has 4 heteroatoms. The molecule has 4 nitrogen and oxygen atoms in total. The predicted molar refractivity (Wildman–Crippen MR) is 86.9 cm³/mol. The van der Waals surface area contributed by atoms with Gasteiger partial charge >= 0.3 is 0 Å². The third-order valence-corrected chi connectivity index (χ3v) is 3.68. The molecule has 1 aromatic heterocycles. The number of hydrogen-bond acceptors (Lipinski definition) is 3. The topological polar surface area (TPSA) is 57.9 Å². The van der Waals surface area contributed by atoms with Crippen molar-refractivity contribution in [3.05, 3.63) is 59.4 Å². The maximum absolute atomic E-state index is 5.80. The molecule has 0 aliphatic rings. The molecule has 3 N–H and O–H groups in total. The van der Waals surface area contributed by atoms with Crippen LogP contribution in [0.3, 0.4) is 0 Å². The average Bonchev–Trinajstić information content (AvgIpc) is 2.82. The first-order chi connectivity index (χ1) is 10.1. The van der Waals surface area contributed by atoms with Crippen LogP contribution in [0.25, 0.3) is 11.0 Å². The molecule has 0 spiro atoms. The number of nitrogens with two attached hydrogens (primary N) is 1. The number of rotatable bonds is 4. The molecule has 0 unspecified atom stereocenters. The van der Waals surface area contributed by atoms with E-state index in [1.165, 1.54) is 11.1 Å². The number of nitrogens with zero attached hydrogens (tertiary/aromatic N) is 2. The Balaban J connectivity index is 1.74. The Morgan fingerprint density at radius 2 is 1.95 bits per heavy atom. The standard InChI is InChI=1S/C17H20N4/c1-12-5-3-4-6-13(12)10-21(2)11-17-19-15-8-7-14(18)9-16(15)20-17/h3-9H,10-11,18H2,1-2H3,(H,19,20). The van der Waals surface area contributed by atoms with Gasteiger partial charge in [-0.1, -0.05) is 24.3 Å². The van der Waals surface area contributed by atoms with E-state index in [1.54, 1.807) is 0 Å². The van der Waals surface area contributed by atoms with Crippen LogP contribution >= 0.6 is 0 Å². The fraction of sp³-hybridized carbons (Fsp3) is 0.235. The van der Waals surface area contributed by atoms with Gasteiger partial charge in [0.25, 0.3) is 0 Å². The van der Waals surface area contributed by atoms with Crippen molar-refractivity contribution in [2.45, 2.75) is 20.0 Å². The first-order valence-corrected chi connectivity index (χ1v) is 7.09. The molecule has 0 bridgehead atoms. The summed E-state index contributed by atoms with van der Waals surface area (Å²) in [6.45, 7) is 3.84. The van der Waals surface area contributed by atoms with Crippen LogP contribution in [0.15, 0.2) is 42.5 Å². The number of hydrogen-bond donors (Lipinski definition) is 2. The van der Waals surface area contributed by atoms with E-state index >= 15 is 0 Å². The second kappa shape index (κ2) is 5.58. The number of benzene rings is 2. The lowest BCUT2D eigenvalue weighted by Crippen LogP contribution is -2.18. The van der Waals surface area contributed by atoms with Gasteiger partial charge in [-0.05, 0) is 43.3 Å². The number of aromatic nitrogens is 2. The Hall–Kier alpha value is -2.33. The lowest BCUT2D eigenvalue weighted by atomic mass is 10.1. The number of nitrogen functional groups attached to an aromatic ring is 1. The zero-order valence-electron chi connectivity index (χ0n) is 12.4. The van der Waals surface area contributed by atoms with Crippen LogP contribution in [-0.2, 0) is 13.1 Å². The number of nitrogens with one attached hydrogen (secondary N) is 1. The molecule has 3 aromatic rings. The molecule has 0 amide bonds. The van der Waals surface area contributed by atoms with Gasteiger partial charge in [-0.25, -0.2) is 4.98 Å². The quantitative estimate of drug-likeness (QED) is 0.722. The van der Waals surface area contributed by atoms with Gasteiger partial charge in [-0.2, -0.15) is 0 Å². The van der Waals surface area contributed by atoms with Crippen molar-refractivity contribution in [3.8, 4) is 0 Å². The van der Waals surface area contributed by atoms with E-state index in [2.05, 4.69) is 53.1 Å². The highest BCUT2D eigenvalue weighted by Crippen LogP contribution is 2.16. The van der Waals surface area contributed by atoms with Gasteiger partial charge in [-0.3, -0.25) is 4.90 Å². The smallest absolute Gasteiger partial charge is 0.121 e. The first-order valence-electron chi connectivity index (χ1n) is 7.09. The van der Waals surface area contributed by atoms with E-state index in [0.29, 0.717) is 0 Å². The highest BCUT2D eigenvalue weighted by molar-refractivity contribution is 5.78. The summed E-state index contributed by atoms with van der Waals surface area (Å²) in [4.78, 5) is 10.2. The Bertz CT molecular complexity index is 760. The van der Waals surface area contributed by atoms with Crippen LogP contribution in [0.5, 0.6) is 0 Å². The molecular formula is C17H20N4. The van der Waals surface area contributed by atoms with Crippen molar-refractivity contribution < 1.29 is 0 Å². The van der Waals surface area contributed by atoms with E-state index in [1.807, 2.05) is 18.2 Å². The number of H-pyrrole nitrogens is 1. The molecule has 0 aliphatic heterocycles. The largest absolute Gasteiger partial charge is 0.399 e. The van der Waals surface area contributed by atoms with Crippen LogP contribution in [0, 0.1) is 6.92 Å². The maximum atomic E-state index is 5.80. The summed E-state index contributed by atoms with van der Waals surface area (Å²) in [6, 6.07) is 14.2. The van der Waals surface area contributed by atoms with Crippen molar-refractivity contribution >= 4 is 16.7 Å². The minimum Gasteiger partial charge on any atom is -0.399 e. The first kappa shape index (κ1) is 13.6. The van der Waals surface area contributed by atoms with Gasteiger partial charge in [0.1, 0.15) is 5.82 Å². The summed E-state index contributed by atoms with van der Waals surface area (Å²) in [6.07, 6.45) is 0. The molecule has 0 radical (unpaired) electrons. The number of aromatic amines is 1. The molecule has 2 aromatic carbocycles. The van der Waals surface area contributed by atoms with Gasteiger partial charge in [0.05, 0.1) is 17.6 Å². The summed E-state index contributed by atoms with van der Waals surface area (Å²) < 4.78 is 0. The van der Waals surface area contributed by atoms with Crippen molar-refractivity contribution in [3.63, 3.8) is 0 Å². The molecule has 0 saturated carbocycles. The second-order valence-corrected chi connectivity index (χ2v) is 5.56. The summed E-state index contributed by atoms with van der Waals surface area (Å²) in [5.74, 6) is 0.965. The molecule has 108 valence electrons. The number of imidazole rings is 1. The van der Waals surface area contributed by atoms with Crippen LogP contribution < -0.4 is 5.73 Å². The predicted octanol–water partition coefficient (Wildman–Crippen LogP) is 3.09. The maximum Gasteiger partial charge on any atom is 0.121 e. The Labute approximate surface area is 124 Å². The van der Waals surface area contributed by atoms with Gasteiger partial charge in [0, 0.05) is 12.2 Å². The van der Waals surface area contributed by atoms with E-state index in [4.69, 9.17) is 5.73 Å². The Kier molecular flexibility index (Phi) is 3.62. The molecule has 0 aliphatic carbocycles. The van der Waals surface area contributed by atoms with Gasteiger partial charge in [0.2, 0.25) is 0 Å². The number of aryl methyl sites for hydroxylation is 1. The fourth-order valence-electron chi connectivity index (χ4n) is 2.54. The van der Waals surface area contributed by atoms with Crippen LogP contribution in [0.1, 0.15) is 17.0 Å². The SMILES string of the molecule is Cc1ccccc1CN(C)Cc1nc2ccc(N)cc2[nH]1.